The predicted molar refractivity (Wildman–Crippen MR) is 177 cm³/mol. The van der Waals surface area contributed by atoms with Crippen molar-refractivity contribution in [3.05, 3.63) is 59.9 Å². The highest BCUT2D eigenvalue weighted by molar-refractivity contribution is 5.94. The number of tetrazole rings is 1. The first-order chi connectivity index (χ1) is 21.3. The lowest BCUT2D eigenvalue weighted by Crippen LogP contribution is -2.18. The molecular weight excluding hydrogens is 552 g/mol. The monoisotopic (exact) mass is 596 g/mol. The summed E-state index contributed by atoms with van der Waals surface area (Å²) in [4.78, 5) is 9.58. The van der Waals surface area contributed by atoms with E-state index in [1.807, 2.05) is 18.2 Å². The Morgan fingerprint density at radius 1 is 0.773 bits per heavy atom. The van der Waals surface area contributed by atoms with Gasteiger partial charge in [0, 0.05) is 24.6 Å². The van der Waals surface area contributed by atoms with Gasteiger partial charge < -0.3 is 25.0 Å². The summed E-state index contributed by atoms with van der Waals surface area (Å²) in [6.07, 6.45) is 1.98. The molecule has 5 aromatic rings. The van der Waals surface area contributed by atoms with Crippen molar-refractivity contribution in [3.63, 3.8) is 0 Å². The maximum Gasteiger partial charge on any atom is 0.205 e. The van der Waals surface area contributed by atoms with E-state index in [1.54, 1.807) is 0 Å². The Kier molecular flexibility index (Phi) is 10.1. The van der Waals surface area contributed by atoms with E-state index in [-0.39, 0.29) is 5.92 Å². The lowest BCUT2D eigenvalue weighted by Gasteiger charge is -2.18. The molecule has 5 rings (SSSR count). The maximum atomic E-state index is 5.21. The number of H-pyrrole nitrogens is 1. The standard InChI is InChI=1S/C32H44N12/c1-22(2)32-35-27-28(31(34-18-12-20-43(5)6)37-36-30(27)33-17-11-19-42(3)4)44(32)21-23-13-7-8-14-24(23)25-15-9-10-16-26(25)29-38-40-41-39-29/h7-10,13-16,22H,11-12,17-21H2,1-6H3,(H,33,36)(H,34,37)(H,38,39,40,41). The van der Waals surface area contributed by atoms with E-state index in [0.717, 1.165) is 84.0 Å². The summed E-state index contributed by atoms with van der Waals surface area (Å²) in [6.45, 7) is 8.53. The fraction of sp³-hybridized carbons (Fsp3) is 0.438. The predicted octanol–water partition coefficient (Wildman–Crippen LogP) is 4.57. The Hall–Kier alpha value is -4.42. The SMILES string of the molecule is CC(C)c1nc2c(NCCCN(C)C)nnc(NCCCN(C)C)c2n1Cc1ccccc1-c1ccccc1-c1nn[nH]n1. The molecule has 12 heteroatoms. The minimum atomic E-state index is 0.185. The van der Waals surface area contributed by atoms with Gasteiger partial charge in [0.15, 0.2) is 11.6 Å². The van der Waals surface area contributed by atoms with Gasteiger partial charge >= 0.3 is 0 Å². The first-order valence-corrected chi connectivity index (χ1v) is 15.3. The van der Waals surface area contributed by atoms with Crippen LogP contribution in [0.5, 0.6) is 0 Å². The number of hydrogen-bond acceptors (Lipinski definition) is 10. The number of aromatic amines is 1. The Balaban J connectivity index is 1.59. The molecule has 0 atom stereocenters. The zero-order valence-electron chi connectivity index (χ0n) is 26.7. The van der Waals surface area contributed by atoms with Crippen molar-refractivity contribution in [2.24, 2.45) is 0 Å². The normalized spacial score (nSPS) is 11.8. The smallest absolute Gasteiger partial charge is 0.205 e. The van der Waals surface area contributed by atoms with Crippen molar-refractivity contribution in [1.82, 2.24) is 50.2 Å². The van der Waals surface area contributed by atoms with Crippen molar-refractivity contribution < 1.29 is 0 Å². The molecule has 3 aromatic heterocycles. The van der Waals surface area contributed by atoms with E-state index in [1.165, 1.54) is 0 Å². The Bertz CT molecular complexity index is 1640. The first kappa shape index (κ1) is 31.0. The number of nitrogens with one attached hydrogen (secondary N) is 3. The summed E-state index contributed by atoms with van der Waals surface area (Å²) < 4.78 is 2.31. The van der Waals surface area contributed by atoms with Crippen LogP contribution in [-0.2, 0) is 6.54 Å². The summed E-state index contributed by atoms with van der Waals surface area (Å²) in [5, 5.41) is 31.3. The molecule has 0 unspecified atom stereocenters. The molecule has 0 fully saturated rings. The van der Waals surface area contributed by atoms with Crippen LogP contribution in [0.15, 0.2) is 48.5 Å². The number of rotatable bonds is 15. The summed E-state index contributed by atoms with van der Waals surface area (Å²) >= 11 is 0. The lowest BCUT2D eigenvalue weighted by molar-refractivity contribution is 0.405. The summed E-state index contributed by atoms with van der Waals surface area (Å²) in [7, 11) is 8.35. The zero-order chi connectivity index (χ0) is 31.1. The van der Waals surface area contributed by atoms with Crippen molar-refractivity contribution in [2.45, 2.75) is 39.2 Å². The van der Waals surface area contributed by atoms with Crippen LogP contribution in [-0.4, -0.2) is 105 Å². The molecule has 2 aromatic carbocycles. The van der Waals surface area contributed by atoms with Gasteiger partial charge in [-0.1, -0.05) is 62.4 Å². The summed E-state index contributed by atoms with van der Waals surface area (Å²) in [5.41, 5.74) is 6.03. The highest BCUT2D eigenvalue weighted by Crippen LogP contribution is 2.35. The Labute approximate surface area is 259 Å². The van der Waals surface area contributed by atoms with Crippen molar-refractivity contribution in [1.29, 1.82) is 0 Å². The number of imidazole rings is 1. The third-order valence-electron chi connectivity index (χ3n) is 7.51. The van der Waals surface area contributed by atoms with Gasteiger partial charge in [0.2, 0.25) is 5.82 Å². The maximum absolute atomic E-state index is 5.21. The fourth-order valence-electron chi connectivity index (χ4n) is 5.39. The highest BCUT2D eigenvalue weighted by atomic mass is 15.5. The van der Waals surface area contributed by atoms with Gasteiger partial charge in [-0.15, -0.1) is 20.4 Å². The van der Waals surface area contributed by atoms with Crippen LogP contribution >= 0.6 is 0 Å². The number of nitrogens with zero attached hydrogens (tertiary/aromatic N) is 9. The van der Waals surface area contributed by atoms with Crippen LogP contribution in [0.25, 0.3) is 33.5 Å². The van der Waals surface area contributed by atoms with E-state index in [2.05, 4.69) is 123 Å². The van der Waals surface area contributed by atoms with Gasteiger partial charge in [-0.05, 0) is 76.0 Å². The largest absolute Gasteiger partial charge is 0.367 e. The molecule has 3 N–H and O–H groups in total. The second-order valence-corrected chi connectivity index (χ2v) is 11.9. The number of benzene rings is 2. The van der Waals surface area contributed by atoms with Crippen molar-refractivity contribution >= 4 is 22.7 Å². The molecule has 0 radical (unpaired) electrons. The number of hydrogen-bond donors (Lipinski definition) is 3. The minimum absolute atomic E-state index is 0.185. The third kappa shape index (κ3) is 7.20. The molecule has 0 bridgehead atoms. The van der Waals surface area contributed by atoms with Gasteiger partial charge in [0.1, 0.15) is 16.9 Å². The van der Waals surface area contributed by atoms with Crippen molar-refractivity contribution in [2.75, 3.05) is 65.0 Å². The van der Waals surface area contributed by atoms with Gasteiger partial charge in [0.05, 0.1) is 6.54 Å². The van der Waals surface area contributed by atoms with E-state index < -0.39 is 0 Å². The van der Waals surface area contributed by atoms with Crippen molar-refractivity contribution in [3.8, 4) is 22.5 Å². The molecule has 0 aliphatic carbocycles. The quantitative estimate of drug-likeness (QED) is 0.148. The van der Waals surface area contributed by atoms with Crippen LogP contribution < -0.4 is 10.6 Å². The molecule has 44 heavy (non-hydrogen) atoms. The molecule has 0 aliphatic rings. The average Bonchev–Trinajstić information content (AvgIpc) is 3.68. The Morgan fingerprint density at radius 3 is 2.02 bits per heavy atom. The molecule has 0 saturated heterocycles. The van der Waals surface area contributed by atoms with E-state index in [9.17, 15) is 0 Å². The number of aromatic nitrogens is 8. The van der Waals surface area contributed by atoms with Gasteiger partial charge in [-0.2, -0.15) is 5.21 Å². The van der Waals surface area contributed by atoms with Crippen LogP contribution in [0.4, 0.5) is 11.6 Å². The molecular formula is C32H44N12. The lowest BCUT2D eigenvalue weighted by atomic mass is 9.95. The second-order valence-electron chi connectivity index (χ2n) is 11.9. The second kappa shape index (κ2) is 14.4. The molecule has 0 amide bonds. The average molecular weight is 597 g/mol. The summed E-state index contributed by atoms with van der Waals surface area (Å²) in [6, 6.07) is 16.7. The molecule has 3 heterocycles. The molecule has 0 saturated carbocycles. The fourth-order valence-corrected chi connectivity index (χ4v) is 5.39. The Morgan fingerprint density at radius 2 is 1.39 bits per heavy atom. The van der Waals surface area contributed by atoms with Gasteiger partial charge in [-0.3, -0.25) is 0 Å². The topological polar surface area (TPSA) is 129 Å². The van der Waals surface area contributed by atoms with Crippen LogP contribution in [0.1, 0.15) is 44.0 Å². The van der Waals surface area contributed by atoms with E-state index in [0.29, 0.717) is 18.2 Å². The van der Waals surface area contributed by atoms with Gasteiger partial charge in [-0.25, -0.2) is 4.98 Å². The van der Waals surface area contributed by atoms with Gasteiger partial charge in [0.25, 0.3) is 0 Å². The molecule has 0 spiro atoms. The molecule has 232 valence electrons. The van der Waals surface area contributed by atoms with Crippen LogP contribution in [0.3, 0.4) is 0 Å². The number of anilines is 2. The summed E-state index contributed by atoms with van der Waals surface area (Å²) in [5.74, 6) is 3.21. The molecule has 12 nitrogen and oxygen atoms in total. The molecule has 0 aliphatic heterocycles. The minimum Gasteiger partial charge on any atom is -0.367 e. The van der Waals surface area contributed by atoms with Crippen LogP contribution in [0.2, 0.25) is 0 Å². The highest BCUT2D eigenvalue weighted by Gasteiger charge is 2.23. The van der Waals surface area contributed by atoms with E-state index in [4.69, 9.17) is 10.1 Å². The van der Waals surface area contributed by atoms with E-state index >= 15 is 0 Å². The first-order valence-electron chi connectivity index (χ1n) is 15.3. The van der Waals surface area contributed by atoms with Crippen LogP contribution in [0, 0.1) is 0 Å². The zero-order valence-corrected chi connectivity index (χ0v) is 26.7. The number of fused-ring (bicyclic) bond motifs is 1. The third-order valence-corrected chi connectivity index (χ3v) is 7.51.